The van der Waals surface area contributed by atoms with E-state index in [2.05, 4.69) is 37.6 Å². The number of rotatable bonds is 8. The van der Waals surface area contributed by atoms with Crippen molar-refractivity contribution in [1.29, 1.82) is 0 Å². The molecule has 0 saturated heterocycles. The fourth-order valence-electron chi connectivity index (χ4n) is 1.82. The summed E-state index contributed by atoms with van der Waals surface area (Å²) in [6, 6.07) is 2.18. The van der Waals surface area contributed by atoms with Crippen LogP contribution in [0.4, 0.5) is 0 Å². The van der Waals surface area contributed by atoms with Crippen molar-refractivity contribution >= 4 is 33.2 Å². The van der Waals surface area contributed by atoms with E-state index in [9.17, 15) is 4.79 Å². The molecular weight excluding hydrogens is 326 g/mol. The lowest BCUT2D eigenvalue weighted by Crippen LogP contribution is -2.41. The second-order valence-electron chi connectivity index (χ2n) is 4.62. The molecule has 19 heavy (non-hydrogen) atoms. The molecule has 0 aliphatic rings. The van der Waals surface area contributed by atoms with Gasteiger partial charge in [0, 0.05) is 32.1 Å². The van der Waals surface area contributed by atoms with Crippen LogP contribution in [0, 0.1) is 0 Å². The zero-order valence-electron chi connectivity index (χ0n) is 11.5. The van der Waals surface area contributed by atoms with Crippen LogP contribution in [0.3, 0.4) is 0 Å². The molecule has 0 aliphatic heterocycles. The van der Waals surface area contributed by atoms with E-state index in [0.717, 1.165) is 23.3 Å². The van der Waals surface area contributed by atoms with Crippen molar-refractivity contribution in [2.24, 2.45) is 5.73 Å². The lowest BCUT2D eigenvalue weighted by molar-refractivity contribution is -0.122. The molecule has 1 rings (SSSR count). The van der Waals surface area contributed by atoms with Crippen LogP contribution in [0.15, 0.2) is 15.2 Å². The summed E-state index contributed by atoms with van der Waals surface area (Å²) in [5, 5.41) is 5.01. The molecule has 0 aromatic carbocycles. The summed E-state index contributed by atoms with van der Waals surface area (Å²) in [6.45, 7) is 4.07. The largest absolute Gasteiger partial charge is 0.356 e. The van der Waals surface area contributed by atoms with E-state index in [1.165, 1.54) is 5.56 Å². The number of halogens is 1. The van der Waals surface area contributed by atoms with Gasteiger partial charge in [0.15, 0.2) is 0 Å². The number of hydrogen-bond acceptors (Lipinski definition) is 4. The van der Waals surface area contributed by atoms with Crippen molar-refractivity contribution < 1.29 is 4.79 Å². The van der Waals surface area contributed by atoms with Crippen LogP contribution in [-0.4, -0.2) is 37.0 Å². The van der Waals surface area contributed by atoms with Gasteiger partial charge in [-0.1, -0.05) is 6.92 Å². The number of amides is 1. The summed E-state index contributed by atoms with van der Waals surface area (Å²) in [5.41, 5.74) is 7.02. The van der Waals surface area contributed by atoms with Crippen LogP contribution in [0.1, 0.15) is 25.3 Å². The van der Waals surface area contributed by atoms with Crippen LogP contribution in [-0.2, 0) is 11.3 Å². The fourth-order valence-corrected chi connectivity index (χ4v) is 3.02. The summed E-state index contributed by atoms with van der Waals surface area (Å²) < 4.78 is 1.13. The number of nitrogens with one attached hydrogen (secondary N) is 1. The predicted octanol–water partition coefficient (Wildman–Crippen LogP) is 2.19. The first kappa shape index (κ1) is 16.6. The number of nitrogens with two attached hydrogens (primary N) is 1. The van der Waals surface area contributed by atoms with E-state index < -0.39 is 0 Å². The summed E-state index contributed by atoms with van der Waals surface area (Å²) in [7, 11) is 2.01. The molecule has 1 heterocycles. The van der Waals surface area contributed by atoms with E-state index in [0.29, 0.717) is 13.0 Å². The van der Waals surface area contributed by atoms with Crippen molar-refractivity contribution in [3.8, 4) is 0 Å². The maximum absolute atomic E-state index is 11.7. The Hall–Kier alpha value is -0.430. The monoisotopic (exact) mass is 347 g/mol. The number of likely N-dealkylation sites (N-methyl/N-ethyl adjacent to an activating group) is 1. The van der Waals surface area contributed by atoms with Gasteiger partial charge in [-0.3, -0.25) is 9.69 Å². The van der Waals surface area contributed by atoms with Gasteiger partial charge in [0.1, 0.15) is 0 Å². The molecule has 6 heteroatoms. The van der Waals surface area contributed by atoms with Gasteiger partial charge in [0.25, 0.3) is 0 Å². The lowest BCUT2D eigenvalue weighted by atomic mass is 10.1. The third kappa shape index (κ3) is 6.03. The summed E-state index contributed by atoms with van der Waals surface area (Å²) in [5.74, 6) is 0.0793. The Morgan fingerprint density at radius 2 is 2.37 bits per heavy atom. The third-order valence-electron chi connectivity index (χ3n) is 2.94. The van der Waals surface area contributed by atoms with E-state index in [1.807, 2.05) is 14.0 Å². The Kier molecular flexibility index (Phi) is 7.60. The Bertz CT molecular complexity index is 397. The van der Waals surface area contributed by atoms with Gasteiger partial charge in [-0.2, -0.15) is 0 Å². The van der Waals surface area contributed by atoms with Gasteiger partial charge in [-0.25, -0.2) is 0 Å². The van der Waals surface area contributed by atoms with Crippen molar-refractivity contribution in [3.63, 3.8) is 0 Å². The quantitative estimate of drug-likeness (QED) is 0.757. The van der Waals surface area contributed by atoms with E-state index in [1.54, 1.807) is 11.3 Å². The average molecular weight is 348 g/mol. The summed E-state index contributed by atoms with van der Waals surface area (Å²) in [4.78, 5) is 13.9. The molecule has 0 saturated carbocycles. The Morgan fingerprint density at radius 3 is 2.89 bits per heavy atom. The van der Waals surface area contributed by atoms with Crippen LogP contribution in [0.2, 0.25) is 0 Å². The molecule has 1 unspecified atom stereocenters. The van der Waals surface area contributed by atoms with Gasteiger partial charge in [-0.05, 0) is 46.4 Å². The normalized spacial score (nSPS) is 12.7. The third-order valence-corrected chi connectivity index (χ3v) is 4.50. The van der Waals surface area contributed by atoms with Crippen molar-refractivity contribution in [2.45, 2.75) is 32.4 Å². The van der Waals surface area contributed by atoms with E-state index in [4.69, 9.17) is 5.73 Å². The summed E-state index contributed by atoms with van der Waals surface area (Å²) >= 11 is 5.13. The van der Waals surface area contributed by atoms with Gasteiger partial charge in [0.2, 0.25) is 5.91 Å². The topological polar surface area (TPSA) is 58.4 Å². The molecule has 0 bridgehead atoms. The molecule has 3 N–H and O–H groups in total. The molecule has 0 aliphatic carbocycles. The number of carbonyl (C=O) groups excluding carboxylic acids is 1. The Labute approximate surface area is 127 Å². The van der Waals surface area contributed by atoms with Crippen molar-refractivity contribution in [3.05, 3.63) is 20.8 Å². The first-order chi connectivity index (χ1) is 9.06. The lowest BCUT2D eigenvalue weighted by Gasteiger charge is -2.26. The fraction of sp³-hybridized carbons (Fsp3) is 0.615. The number of carbonyl (C=O) groups is 1. The van der Waals surface area contributed by atoms with Crippen LogP contribution >= 0.6 is 27.3 Å². The second-order valence-corrected chi connectivity index (χ2v) is 6.91. The smallest absolute Gasteiger partial charge is 0.221 e. The molecule has 1 aromatic heterocycles. The number of hydrogen-bond donors (Lipinski definition) is 2. The minimum absolute atomic E-state index is 0.0792. The minimum atomic E-state index is 0.0792. The highest BCUT2D eigenvalue weighted by Crippen LogP contribution is 2.22. The molecule has 0 radical (unpaired) electrons. The highest BCUT2D eigenvalue weighted by atomic mass is 79.9. The first-order valence-corrected chi connectivity index (χ1v) is 8.14. The molecule has 4 nitrogen and oxygen atoms in total. The highest BCUT2D eigenvalue weighted by Gasteiger charge is 2.17. The van der Waals surface area contributed by atoms with Crippen LogP contribution in [0.5, 0.6) is 0 Å². The molecule has 108 valence electrons. The zero-order chi connectivity index (χ0) is 14.3. The summed E-state index contributed by atoms with van der Waals surface area (Å²) in [6.07, 6.45) is 1.41. The number of thiophene rings is 1. The molecule has 0 spiro atoms. The zero-order valence-corrected chi connectivity index (χ0v) is 13.9. The highest BCUT2D eigenvalue weighted by molar-refractivity contribution is 9.11. The van der Waals surface area contributed by atoms with Gasteiger partial charge < -0.3 is 11.1 Å². The van der Waals surface area contributed by atoms with Crippen molar-refractivity contribution in [1.82, 2.24) is 10.2 Å². The molecule has 1 aromatic rings. The van der Waals surface area contributed by atoms with Crippen molar-refractivity contribution in [2.75, 3.05) is 20.1 Å². The molecule has 1 atom stereocenters. The van der Waals surface area contributed by atoms with Crippen LogP contribution in [0.25, 0.3) is 0 Å². The number of nitrogens with zero attached hydrogens (tertiary/aromatic N) is 1. The van der Waals surface area contributed by atoms with E-state index >= 15 is 0 Å². The first-order valence-electron chi connectivity index (χ1n) is 6.46. The second kappa shape index (κ2) is 8.68. The van der Waals surface area contributed by atoms with Gasteiger partial charge in [-0.15, -0.1) is 11.3 Å². The van der Waals surface area contributed by atoms with E-state index in [-0.39, 0.29) is 11.9 Å². The van der Waals surface area contributed by atoms with Gasteiger partial charge >= 0.3 is 0 Å². The predicted molar refractivity (Wildman–Crippen MR) is 84.2 cm³/mol. The molecular formula is C13H22BrN3OS. The molecule has 0 fully saturated rings. The average Bonchev–Trinajstić information content (AvgIpc) is 2.78. The van der Waals surface area contributed by atoms with Gasteiger partial charge in [0.05, 0.1) is 3.79 Å². The maximum Gasteiger partial charge on any atom is 0.221 e. The maximum atomic E-state index is 11.7. The standard InChI is InChI=1S/C13H22BrN3OS/c1-3-4-16-13(18)6-11(7-15)17(2)8-10-5-12(14)19-9-10/h5,9,11H,3-4,6-8,15H2,1-2H3,(H,16,18). The molecule has 1 amide bonds. The SMILES string of the molecule is CCCNC(=O)CC(CN)N(C)Cc1csc(Br)c1. The minimum Gasteiger partial charge on any atom is -0.356 e. The van der Waals surface area contributed by atoms with Crippen LogP contribution < -0.4 is 11.1 Å². The Morgan fingerprint density at radius 1 is 1.63 bits per heavy atom. The Balaban J connectivity index is 2.46.